The second-order valence-electron chi connectivity index (χ2n) is 5.88. The Morgan fingerprint density at radius 1 is 1.40 bits per heavy atom. The summed E-state index contributed by atoms with van der Waals surface area (Å²) in [5, 5.41) is 3.26. The van der Waals surface area contributed by atoms with Crippen LogP contribution in [0.4, 0.5) is 0 Å². The van der Waals surface area contributed by atoms with Gasteiger partial charge < -0.3 is 0 Å². The molecule has 0 aromatic carbocycles. The Bertz CT molecular complexity index is 291. The summed E-state index contributed by atoms with van der Waals surface area (Å²) in [4.78, 5) is 0. The van der Waals surface area contributed by atoms with Gasteiger partial charge in [0.25, 0.3) is 0 Å². The third-order valence-electron chi connectivity index (χ3n) is 4.26. The summed E-state index contributed by atoms with van der Waals surface area (Å²) >= 11 is 4.31. The number of nitrogens with one attached hydrogen (secondary N) is 1. The summed E-state index contributed by atoms with van der Waals surface area (Å²) < 4.78 is 4.64. The van der Waals surface area contributed by atoms with Crippen molar-refractivity contribution in [3.8, 4) is 0 Å². The molecule has 0 aromatic heterocycles. The number of alkyl halides is 5. The zero-order chi connectivity index (χ0) is 15.3. The molecule has 2 nitrogen and oxygen atoms in total. The maximum atomic E-state index is 6.43. The van der Waals surface area contributed by atoms with Crippen molar-refractivity contribution < 1.29 is 21.2 Å². The molecule has 124 valence electrons. The van der Waals surface area contributed by atoms with Gasteiger partial charge >= 0.3 is 150 Å². The number of hydrogen-bond donors (Lipinski definition) is 3. The molecule has 0 bridgehead atoms. The molecule has 0 spiro atoms. The van der Waals surface area contributed by atoms with Gasteiger partial charge in [0.1, 0.15) is 0 Å². The second kappa shape index (κ2) is 9.13. The summed E-state index contributed by atoms with van der Waals surface area (Å²) in [6.07, 6.45) is 2.52. The van der Waals surface area contributed by atoms with Crippen LogP contribution in [0.1, 0.15) is 40.5 Å². The van der Waals surface area contributed by atoms with Gasteiger partial charge in [0.2, 0.25) is 0 Å². The van der Waals surface area contributed by atoms with Crippen molar-refractivity contribution >= 4 is 32.4 Å². The van der Waals surface area contributed by atoms with Crippen molar-refractivity contribution in [3.05, 3.63) is 0 Å². The van der Waals surface area contributed by atoms with Gasteiger partial charge in [0, 0.05) is 0 Å². The predicted octanol–water partition coefficient (Wildman–Crippen LogP) is 0.187. The quantitative estimate of drug-likeness (QED) is 0.164. The van der Waals surface area contributed by atoms with Gasteiger partial charge in [-0.15, -0.1) is 0 Å². The monoisotopic (exact) mass is 527 g/mol. The minimum absolute atomic E-state index is 0.262. The van der Waals surface area contributed by atoms with Gasteiger partial charge in [-0.1, -0.05) is 0 Å². The Balaban J connectivity index is 2.63. The normalized spacial score (nSPS) is 30.8. The zero-order valence-electron chi connectivity index (χ0n) is 13.6. The molecule has 5 heteroatoms. The van der Waals surface area contributed by atoms with Crippen LogP contribution in [0.15, 0.2) is 0 Å². The summed E-state index contributed by atoms with van der Waals surface area (Å²) in [6.45, 7) is 10.6. The van der Waals surface area contributed by atoms with E-state index in [1.54, 1.807) is 0 Å². The molecule has 20 heavy (non-hydrogen) atoms. The van der Waals surface area contributed by atoms with Crippen molar-refractivity contribution in [3.63, 3.8) is 0 Å². The molecule has 1 aliphatic heterocycles. The van der Waals surface area contributed by atoms with Crippen molar-refractivity contribution in [1.82, 2.24) is 5.32 Å². The molecule has 4 atom stereocenters. The zero-order valence-corrected chi connectivity index (χ0v) is 18.8. The molecule has 1 saturated heterocycles. The van der Waals surface area contributed by atoms with Crippen LogP contribution in [0, 0.1) is 11.8 Å². The molecule has 0 saturated carbocycles. The molecule has 1 rings (SSSR count). The van der Waals surface area contributed by atoms with Crippen molar-refractivity contribution in [2.75, 3.05) is 22.4 Å². The molecule has 0 radical (unpaired) electrons. The van der Waals surface area contributed by atoms with E-state index in [1.165, 1.54) is 21.7 Å². The van der Waals surface area contributed by atoms with Gasteiger partial charge in [-0.05, 0) is 0 Å². The van der Waals surface area contributed by atoms with Crippen LogP contribution in [0.3, 0.4) is 0 Å². The standard InChI is InChI=1S/C15H33I2N2S/c1-6-12(11(3)4)13(16-7-2)10-17-14(18)15(17,20)8-9-19-5/h11-14,19-20H,6-10,18H2,1-5H3/q-1/t12-,13+,14+,15-/m0/s1. The number of halogens is 2. The first-order valence-corrected chi connectivity index (χ1v) is 14.8. The van der Waals surface area contributed by atoms with E-state index in [9.17, 15) is 0 Å². The maximum absolute atomic E-state index is 6.43. The van der Waals surface area contributed by atoms with E-state index in [4.69, 9.17) is 18.4 Å². The first-order chi connectivity index (χ1) is 9.42. The average Bonchev–Trinajstić information content (AvgIpc) is 2.90. The van der Waals surface area contributed by atoms with E-state index < -0.39 is 19.8 Å². The third-order valence-corrected chi connectivity index (χ3v) is 19.3. The molecule has 1 aliphatic rings. The van der Waals surface area contributed by atoms with Crippen molar-refractivity contribution in [2.45, 2.75) is 51.3 Å². The fourth-order valence-corrected chi connectivity index (χ4v) is 19.2. The fourth-order valence-electron chi connectivity index (χ4n) is 2.90. The van der Waals surface area contributed by atoms with Gasteiger partial charge in [-0.3, -0.25) is 0 Å². The van der Waals surface area contributed by atoms with Gasteiger partial charge in [-0.2, -0.15) is 0 Å². The van der Waals surface area contributed by atoms with Gasteiger partial charge in [0.05, 0.1) is 0 Å². The van der Waals surface area contributed by atoms with Crippen molar-refractivity contribution in [2.24, 2.45) is 17.6 Å². The van der Waals surface area contributed by atoms with E-state index >= 15 is 0 Å². The number of thiol groups is 1. The summed E-state index contributed by atoms with van der Waals surface area (Å²) in [6, 6.07) is 0. The molecule has 0 amide bonds. The van der Waals surface area contributed by atoms with Crippen LogP contribution < -0.4 is 32.3 Å². The first kappa shape index (κ1) is 19.8. The summed E-state index contributed by atoms with van der Waals surface area (Å²) in [5.74, 6) is 1.75. The summed E-state index contributed by atoms with van der Waals surface area (Å²) in [5.41, 5.74) is 6.43. The van der Waals surface area contributed by atoms with Crippen LogP contribution in [-0.4, -0.2) is 33.2 Å². The molecule has 0 unspecified atom stereocenters. The van der Waals surface area contributed by atoms with Gasteiger partial charge in [-0.25, -0.2) is 0 Å². The average molecular weight is 527 g/mol. The third kappa shape index (κ3) is 4.86. The number of rotatable bonds is 10. The second-order valence-corrected chi connectivity index (χ2v) is 18.0. The van der Waals surface area contributed by atoms with E-state index in [0.717, 1.165) is 22.3 Å². The van der Waals surface area contributed by atoms with Crippen LogP contribution in [-0.2, 0) is 0 Å². The molecular formula is C15H33I2N2S-. The SMILES string of the molecule is CC[I-][C@H](CI1[C@H](N)[C@@]1(S)CCNC)[C@@H](CC)C(C)C. The Hall–Kier alpha value is 1.73. The molecule has 3 N–H and O–H groups in total. The van der Waals surface area contributed by atoms with Crippen LogP contribution in [0.5, 0.6) is 0 Å². The van der Waals surface area contributed by atoms with Crippen LogP contribution >= 0.6 is 32.4 Å². The van der Waals surface area contributed by atoms with E-state index in [0.29, 0.717) is 25.3 Å². The number of nitrogens with two attached hydrogens (primary N) is 1. The van der Waals surface area contributed by atoms with E-state index in [-0.39, 0.29) is 2.75 Å². The Morgan fingerprint density at radius 3 is 2.50 bits per heavy atom. The van der Waals surface area contributed by atoms with E-state index in [2.05, 4.69) is 33.0 Å². The predicted molar refractivity (Wildman–Crippen MR) is 100 cm³/mol. The molecule has 0 aromatic rings. The molecule has 1 heterocycles. The topological polar surface area (TPSA) is 38.0 Å². The van der Waals surface area contributed by atoms with Crippen LogP contribution in [0.25, 0.3) is 0 Å². The van der Waals surface area contributed by atoms with E-state index in [1.807, 2.05) is 7.05 Å². The summed E-state index contributed by atoms with van der Waals surface area (Å²) in [7, 11) is 2.03. The number of hydrogen-bond acceptors (Lipinski definition) is 3. The Morgan fingerprint density at radius 2 is 2.05 bits per heavy atom. The van der Waals surface area contributed by atoms with Crippen LogP contribution in [0.2, 0.25) is 0 Å². The molecule has 0 aliphatic carbocycles. The van der Waals surface area contributed by atoms with Gasteiger partial charge in [0.15, 0.2) is 0 Å². The Kier molecular flexibility index (Phi) is 9.03. The first-order valence-electron chi connectivity index (χ1n) is 7.76. The van der Waals surface area contributed by atoms with Crippen molar-refractivity contribution in [1.29, 1.82) is 0 Å². The Labute approximate surface area is 149 Å². The molecular weight excluding hydrogens is 494 g/mol. The fraction of sp³-hybridized carbons (Fsp3) is 1.00. The minimum atomic E-state index is -1.04. The molecule has 1 fully saturated rings.